The van der Waals surface area contributed by atoms with Gasteiger partial charge in [0.05, 0.1) is 17.2 Å². The molecule has 0 spiro atoms. The summed E-state index contributed by atoms with van der Waals surface area (Å²) in [5.41, 5.74) is 1.15. The third-order valence-electron chi connectivity index (χ3n) is 4.01. The molecule has 1 heterocycles. The van der Waals surface area contributed by atoms with Gasteiger partial charge in [-0.1, -0.05) is 12.1 Å². The molecule has 1 aliphatic carbocycles. The lowest BCUT2D eigenvalue weighted by molar-refractivity contribution is -0.120. The maximum absolute atomic E-state index is 12.3. The fraction of sp³-hybridized carbons (Fsp3) is 0.500. The minimum Gasteiger partial charge on any atom is -0.349 e. The Bertz CT molecular complexity index is 534. The third-order valence-corrected chi connectivity index (χ3v) is 4.01. The van der Waals surface area contributed by atoms with Gasteiger partial charge in [0.25, 0.3) is 5.91 Å². The van der Waals surface area contributed by atoms with Crippen molar-refractivity contribution in [2.45, 2.75) is 31.7 Å². The average Bonchev–Trinajstić information content (AvgIpc) is 3.32. The predicted molar refractivity (Wildman–Crippen MR) is 81.2 cm³/mol. The Morgan fingerprint density at radius 3 is 2.67 bits per heavy atom. The second-order valence-corrected chi connectivity index (χ2v) is 5.83. The number of piperidine rings is 1. The first-order valence-corrected chi connectivity index (χ1v) is 7.65. The Labute approximate surface area is 124 Å². The third kappa shape index (κ3) is 3.61. The maximum atomic E-state index is 12.3. The topological polar surface area (TPSA) is 70.2 Å². The van der Waals surface area contributed by atoms with Crippen molar-refractivity contribution in [3.05, 3.63) is 29.8 Å². The van der Waals surface area contributed by atoms with Crippen molar-refractivity contribution < 1.29 is 9.59 Å². The van der Waals surface area contributed by atoms with Crippen molar-refractivity contribution in [2.75, 3.05) is 18.4 Å². The molecule has 3 N–H and O–H groups in total. The van der Waals surface area contributed by atoms with Crippen molar-refractivity contribution in [3.8, 4) is 0 Å². The van der Waals surface area contributed by atoms with Crippen molar-refractivity contribution >= 4 is 17.5 Å². The van der Waals surface area contributed by atoms with Gasteiger partial charge in [-0.15, -0.1) is 0 Å². The Hall–Kier alpha value is -1.88. The molecule has 1 saturated carbocycles. The summed E-state index contributed by atoms with van der Waals surface area (Å²) in [4.78, 5) is 24.5. The van der Waals surface area contributed by atoms with Crippen molar-refractivity contribution in [1.29, 1.82) is 0 Å². The summed E-state index contributed by atoms with van der Waals surface area (Å²) in [6.07, 6.45) is 4.01. The molecule has 1 unspecified atom stereocenters. The quantitative estimate of drug-likeness (QED) is 0.786. The summed E-state index contributed by atoms with van der Waals surface area (Å²) in [7, 11) is 0. The summed E-state index contributed by atoms with van der Waals surface area (Å²) >= 11 is 0. The molecular formula is C16H21N3O2. The smallest absolute Gasteiger partial charge is 0.253 e. The molecule has 1 aromatic rings. The fourth-order valence-corrected chi connectivity index (χ4v) is 2.59. The van der Waals surface area contributed by atoms with E-state index in [2.05, 4.69) is 16.0 Å². The van der Waals surface area contributed by atoms with Crippen molar-refractivity contribution in [2.24, 2.45) is 5.92 Å². The van der Waals surface area contributed by atoms with Crippen LogP contribution < -0.4 is 16.0 Å². The lowest BCUT2D eigenvalue weighted by atomic mass is 9.98. The predicted octanol–water partition coefficient (Wildman–Crippen LogP) is 1.52. The molecule has 2 aliphatic rings. The van der Waals surface area contributed by atoms with Crippen LogP contribution in [-0.4, -0.2) is 30.9 Å². The SMILES string of the molecule is O=C(NC1CC1)c1ccccc1NC(=O)C1CCCNC1. The van der Waals surface area contributed by atoms with Gasteiger partial charge in [-0.2, -0.15) is 0 Å². The van der Waals surface area contributed by atoms with Gasteiger partial charge in [0.2, 0.25) is 5.91 Å². The lowest BCUT2D eigenvalue weighted by Crippen LogP contribution is -2.37. The first kappa shape index (κ1) is 14.1. The standard InChI is InChI=1S/C16H21N3O2/c20-15(11-4-3-9-17-10-11)19-14-6-2-1-5-13(14)16(21)18-12-7-8-12/h1-2,5-6,11-12,17H,3-4,7-10H2,(H,18,21)(H,19,20). The lowest BCUT2D eigenvalue weighted by Gasteiger charge is -2.22. The van der Waals surface area contributed by atoms with E-state index in [1.165, 1.54) is 0 Å². The van der Waals surface area contributed by atoms with Crippen LogP contribution in [0.2, 0.25) is 0 Å². The molecule has 1 saturated heterocycles. The minimum atomic E-state index is -0.102. The van der Waals surface area contributed by atoms with Gasteiger partial charge in [-0.3, -0.25) is 9.59 Å². The minimum absolute atomic E-state index is 0.00567. The van der Waals surface area contributed by atoms with Gasteiger partial charge < -0.3 is 16.0 Å². The summed E-state index contributed by atoms with van der Waals surface area (Å²) in [6.45, 7) is 1.69. The summed E-state index contributed by atoms with van der Waals surface area (Å²) in [6, 6.07) is 7.51. The highest BCUT2D eigenvalue weighted by atomic mass is 16.2. The molecule has 0 bridgehead atoms. The van der Waals surface area contributed by atoms with Gasteiger partial charge in [0, 0.05) is 12.6 Å². The summed E-state index contributed by atoms with van der Waals surface area (Å²) < 4.78 is 0. The molecule has 3 rings (SSSR count). The van der Waals surface area contributed by atoms with Gasteiger partial charge in [-0.05, 0) is 44.4 Å². The van der Waals surface area contributed by atoms with E-state index in [9.17, 15) is 9.59 Å². The number of para-hydroxylation sites is 1. The van der Waals surface area contributed by atoms with Crippen LogP contribution in [0.4, 0.5) is 5.69 Å². The molecule has 1 atom stereocenters. The Morgan fingerprint density at radius 2 is 1.95 bits per heavy atom. The Morgan fingerprint density at radius 1 is 1.14 bits per heavy atom. The van der Waals surface area contributed by atoms with Crippen LogP contribution in [0.3, 0.4) is 0 Å². The average molecular weight is 287 g/mol. The molecule has 0 aromatic heterocycles. The molecule has 1 aromatic carbocycles. The molecule has 1 aliphatic heterocycles. The van der Waals surface area contributed by atoms with E-state index in [-0.39, 0.29) is 17.7 Å². The number of nitrogens with one attached hydrogen (secondary N) is 3. The van der Waals surface area contributed by atoms with Crippen LogP contribution in [0, 0.1) is 5.92 Å². The molecule has 112 valence electrons. The molecule has 2 fully saturated rings. The van der Waals surface area contributed by atoms with E-state index in [0.717, 1.165) is 32.2 Å². The highest BCUT2D eigenvalue weighted by Crippen LogP contribution is 2.22. The zero-order valence-electron chi connectivity index (χ0n) is 12.0. The molecular weight excluding hydrogens is 266 g/mol. The molecule has 21 heavy (non-hydrogen) atoms. The number of hydrogen-bond acceptors (Lipinski definition) is 3. The van der Waals surface area contributed by atoms with Crippen LogP contribution in [0.25, 0.3) is 0 Å². The van der Waals surface area contributed by atoms with Crippen LogP contribution in [0.15, 0.2) is 24.3 Å². The van der Waals surface area contributed by atoms with Gasteiger partial charge in [0.1, 0.15) is 0 Å². The molecule has 5 nitrogen and oxygen atoms in total. The number of benzene rings is 1. The van der Waals surface area contributed by atoms with Crippen molar-refractivity contribution in [1.82, 2.24) is 10.6 Å². The first-order valence-electron chi connectivity index (χ1n) is 7.65. The van der Waals surface area contributed by atoms with Crippen LogP contribution in [0.5, 0.6) is 0 Å². The number of carbonyl (C=O) groups is 2. The molecule has 5 heteroatoms. The van der Waals surface area contributed by atoms with Crippen LogP contribution in [-0.2, 0) is 4.79 Å². The van der Waals surface area contributed by atoms with Crippen LogP contribution in [0.1, 0.15) is 36.0 Å². The number of hydrogen-bond donors (Lipinski definition) is 3. The van der Waals surface area contributed by atoms with Gasteiger partial charge >= 0.3 is 0 Å². The van der Waals surface area contributed by atoms with E-state index < -0.39 is 0 Å². The highest BCUT2D eigenvalue weighted by molar-refractivity contribution is 6.04. The summed E-state index contributed by atoms with van der Waals surface area (Å²) in [5, 5.41) is 9.11. The largest absolute Gasteiger partial charge is 0.349 e. The Kier molecular flexibility index (Phi) is 4.20. The zero-order valence-corrected chi connectivity index (χ0v) is 12.0. The van der Waals surface area contributed by atoms with Crippen LogP contribution >= 0.6 is 0 Å². The van der Waals surface area contributed by atoms with E-state index in [4.69, 9.17) is 0 Å². The van der Waals surface area contributed by atoms with E-state index in [0.29, 0.717) is 23.8 Å². The molecule has 2 amide bonds. The van der Waals surface area contributed by atoms with E-state index >= 15 is 0 Å². The number of anilines is 1. The number of rotatable bonds is 4. The second kappa shape index (κ2) is 6.26. The maximum Gasteiger partial charge on any atom is 0.253 e. The number of carbonyl (C=O) groups excluding carboxylic acids is 2. The van der Waals surface area contributed by atoms with E-state index in [1.54, 1.807) is 12.1 Å². The first-order chi connectivity index (χ1) is 10.2. The Balaban J connectivity index is 1.68. The number of amides is 2. The second-order valence-electron chi connectivity index (χ2n) is 5.83. The summed E-state index contributed by atoms with van der Waals surface area (Å²) in [5.74, 6) is -0.123. The van der Waals surface area contributed by atoms with Crippen molar-refractivity contribution in [3.63, 3.8) is 0 Å². The zero-order chi connectivity index (χ0) is 14.7. The molecule has 0 radical (unpaired) electrons. The fourth-order valence-electron chi connectivity index (χ4n) is 2.59. The van der Waals surface area contributed by atoms with E-state index in [1.807, 2.05) is 12.1 Å². The van der Waals surface area contributed by atoms with Gasteiger partial charge in [0.15, 0.2) is 0 Å². The highest BCUT2D eigenvalue weighted by Gasteiger charge is 2.26. The van der Waals surface area contributed by atoms with Gasteiger partial charge in [-0.25, -0.2) is 0 Å². The monoisotopic (exact) mass is 287 g/mol. The normalized spacial score (nSPS) is 21.6.